The van der Waals surface area contributed by atoms with E-state index in [0.29, 0.717) is 16.7 Å². The van der Waals surface area contributed by atoms with Crippen molar-refractivity contribution in [2.75, 3.05) is 11.5 Å². The van der Waals surface area contributed by atoms with Crippen LogP contribution in [0.25, 0.3) is 0 Å². The molecule has 0 N–H and O–H groups in total. The SMILES string of the molecule is Cc1cc(C2=NOC(c3cc(Cl)c(F)c(Cl)c3)(C(F)(F)F)C2)ccc1C(=O)N(C(C)C)C1CCSC1. The molecule has 194 valence electrons. The van der Waals surface area contributed by atoms with Gasteiger partial charge in [-0.3, -0.25) is 4.79 Å². The van der Waals surface area contributed by atoms with Gasteiger partial charge in [-0.25, -0.2) is 4.39 Å². The maximum absolute atomic E-state index is 14.3. The van der Waals surface area contributed by atoms with Crippen LogP contribution < -0.4 is 0 Å². The third-order valence-corrected chi connectivity index (χ3v) is 8.21. The summed E-state index contributed by atoms with van der Waals surface area (Å²) in [5, 5.41) is 2.65. The van der Waals surface area contributed by atoms with Gasteiger partial charge in [0.1, 0.15) is 0 Å². The quantitative estimate of drug-likeness (QED) is 0.282. The number of amides is 1. The topological polar surface area (TPSA) is 41.9 Å². The van der Waals surface area contributed by atoms with Gasteiger partial charge in [0.2, 0.25) is 0 Å². The van der Waals surface area contributed by atoms with Crippen LogP contribution in [0.15, 0.2) is 35.5 Å². The van der Waals surface area contributed by atoms with E-state index >= 15 is 0 Å². The zero-order valence-electron chi connectivity index (χ0n) is 19.8. The van der Waals surface area contributed by atoms with Crippen LogP contribution in [-0.2, 0) is 10.4 Å². The molecule has 2 heterocycles. The summed E-state index contributed by atoms with van der Waals surface area (Å²) in [4.78, 5) is 20.3. The predicted octanol–water partition coefficient (Wildman–Crippen LogP) is 7.38. The van der Waals surface area contributed by atoms with E-state index < -0.39 is 39.6 Å². The lowest BCUT2D eigenvalue weighted by atomic mass is 9.86. The minimum atomic E-state index is -4.90. The number of carbonyl (C=O) groups excluding carboxylic acids is 1. The first-order chi connectivity index (χ1) is 16.9. The van der Waals surface area contributed by atoms with Crippen LogP contribution in [0.2, 0.25) is 10.0 Å². The molecule has 1 fully saturated rings. The summed E-state index contributed by atoms with van der Waals surface area (Å²) in [6.07, 6.45) is -4.64. The Morgan fingerprint density at radius 2 is 1.89 bits per heavy atom. The Labute approximate surface area is 220 Å². The van der Waals surface area contributed by atoms with E-state index in [2.05, 4.69) is 5.16 Å². The number of rotatable bonds is 5. The molecule has 2 unspecified atom stereocenters. The minimum Gasteiger partial charge on any atom is -0.374 e. The Bertz CT molecular complexity index is 1190. The van der Waals surface area contributed by atoms with Crippen LogP contribution in [0.3, 0.4) is 0 Å². The average Bonchev–Trinajstić information content (AvgIpc) is 3.47. The molecular formula is C25H24Cl2F4N2O2S. The Morgan fingerprint density at radius 1 is 1.22 bits per heavy atom. The molecule has 1 amide bonds. The summed E-state index contributed by atoms with van der Waals surface area (Å²) < 4.78 is 56.7. The lowest BCUT2D eigenvalue weighted by molar-refractivity contribution is -0.275. The fourth-order valence-corrected chi connectivity index (χ4v) is 6.32. The third kappa shape index (κ3) is 4.82. The maximum atomic E-state index is 14.3. The number of thioether (sulfide) groups is 1. The number of hydrogen-bond donors (Lipinski definition) is 0. The van der Waals surface area contributed by atoms with Gasteiger partial charge in [0, 0.05) is 35.4 Å². The van der Waals surface area contributed by atoms with E-state index in [-0.39, 0.29) is 23.7 Å². The van der Waals surface area contributed by atoms with Crippen molar-refractivity contribution in [2.45, 2.75) is 57.5 Å². The van der Waals surface area contributed by atoms with Crippen LogP contribution in [0, 0.1) is 12.7 Å². The van der Waals surface area contributed by atoms with Crippen LogP contribution in [-0.4, -0.2) is 46.3 Å². The van der Waals surface area contributed by atoms with E-state index in [1.807, 2.05) is 30.5 Å². The maximum Gasteiger partial charge on any atom is 0.435 e. The van der Waals surface area contributed by atoms with Gasteiger partial charge in [-0.05, 0) is 68.3 Å². The van der Waals surface area contributed by atoms with Crippen molar-refractivity contribution < 1.29 is 27.2 Å². The molecule has 0 saturated carbocycles. The first-order valence-electron chi connectivity index (χ1n) is 11.3. The van der Waals surface area contributed by atoms with Crippen LogP contribution in [0.4, 0.5) is 17.6 Å². The highest BCUT2D eigenvalue weighted by Gasteiger charge is 2.62. The average molecular weight is 563 g/mol. The molecular weight excluding hydrogens is 539 g/mol. The second kappa shape index (κ2) is 10.1. The largest absolute Gasteiger partial charge is 0.435 e. The molecule has 2 aromatic carbocycles. The van der Waals surface area contributed by atoms with Crippen molar-refractivity contribution in [3.05, 3.63) is 68.4 Å². The van der Waals surface area contributed by atoms with Gasteiger partial charge in [-0.1, -0.05) is 34.4 Å². The van der Waals surface area contributed by atoms with Gasteiger partial charge in [-0.15, -0.1) is 0 Å². The molecule has 2 aromatic rings. The van der Waals surface area contributed by atoms with Crippen LogP contribution >= 0.6 is 35.0 Å². The Morgan fingerprint density at radius 3 is 2.42 bits per heavy atom. The molecule has 0 radical (unpaired) electrons. The van der Waals surface area contributed by atoms with E-state index in [1.165, 1.54) is 0 Å². The van der Waals surface area contributed by atoms with Crippen LogP contribution in [0.1, 0.15) is 53.7 Å². The Balaban J connectivity index is 1.64. The van der Waals surface area contributed by atoms with Crippen molar-refractivity contribution in [3.63, 3.8) is 0 Å². The van der Waals surface area contributed by atoms with Gasteiger partial charge in [-0.2, -0.15) is 24.9 Å². The molecule has 1 saturated heterocycles. The molecule has 2 atom stereocenters. The molecule has 0 spiro atoms. The summed E-state index contributed by atoms with van der Waals surface area (Å²) in [6, 6.07) is 6.68. The monoisotopic (exact) mass is 562 g/mol. The lowest BCUT2D eigenvalue weighted by Gasteiger charge is -2.33. The molecule has 36 heavy (non-hydrogen) atoms. The molecule has 4 rings (SSSR count). The summed E-state index contributed by atoms with van der Waals surface area (Å²) in [5.74, 6) is 0.767. The first-order valence-corrected chi connectivity index (χ1v) is 13.2. The van der Waals surface area contributed by atoms with Gasteiger partial charge in [0.05, 0.1) is 15.8 Å². The molecule has 4 nitrogen and oxygen atoms in total. The summed E-state index contributed by atoms with van der Waals surface area (Å²) in [7, 11) is 0. The van der Waals surface area contributed by atoms with Crippen molar-refractivity contribution in [3.8, 4) is 0 Å². The fraction of sp³-hybridized carbons (Fsp3) is 0.440. The fourth-order valence-electron chi connectivity index (χ4n) is 4.63. The van der Waals surface area contributed by atoms with E-state index in [9.17, 15) is 22.4 Å². The van der Waals surface area contributed by atoms with Crippen molar-refractivity contribution in [1.82, 2.24) is 4.90 Å². The molecule has 0 aliphatic carbocycles. The second-order valence-electron chi connectivity index (χ2n) is 9.24. The van der Waals surface area contributed by atoms with E-state index in [1.54, 1.807) is 25.1 Å². The van der Waals surface area contributed by atoms with Gasteiger partial charge < -0.3 is 9.74 Å². The number of nitrogens with zero attached hydrogens (tertiary/aromatic N) is 2. The number of carbonyl (C=O) groups is 1. The third-order valence-electron chi connectivity index (χ3n) is 6.52. The zero-order chi connectivity index (χ0) is 26.4. The number of benzene rings is 2. The van der Waals surface area contributed by atoms with Crippen molar-refractivity contribution >= 4 is 46.6 Å². The molecule has 2 aliphatic heterocycles. The van der Waals surface area contributed by atoms with Crippen molar-refractivity contribution in [2.24, 2.45) is 5.16 Å². The molecule has 2 aliphatic rings. The standard InChI is InChI=1S/C25H24Cl2F4N2O2S/c1-13(2)33(17-6-7-36-12-17)23(34)18-5-4-15(8-14(18)3)21-11-24(35-32-21,25(29,30)31)16-9-19(26)22(28)20(27)10-16/h4-5,8-10,13,17H,6-7,11-12H2,1-3H3. The van der Waals surface area contributed by atoms with Gasteiger partial charge >= 0.3 is 6.18 Å². The highest BCUT2D eigenvalue weighted by molar-refractivity contribution is 7.99. The number of aryl methyl sites for hydroxylation is 1. The van der Waals surface area contributed by atoms with Crippen LogP contribution in [0.5, 0.6) is 0 Å². The highest BCUT2D eigenvalue weighted by atomic mass is 35.5. The first kappa shape index (κ1) is 27.1. The summed E-state index contributed by atoms with van der Waals surface area (Å²) in [6.45, 7) is 5.69. The number of hydrogen-bond acceptors (Lipinski definition) is 4. The summed E-state index contributed by atoms with van der Waals surface area (Å²) in [5.41, 5.74) is -1.78. The molecule has 0 aromatic heterocycles. The highest BCUT2D eigenvalue weighted by Crippen LogP contribution is 2.50. The molecule has 0 bridgehead atoms. The predicted molar refractivity (Wildman–Crippen MR) is 135 cm³/mol. The minimum absolute atomic E-state index is 0.00893. The summed E-state index contributed by atoms with van der Waals surface area (Å²) >= 11 is 13.4. The smallest absolute Gasteiger partial charge is 0.374 e. The van der Waals surface area contributed by atoms with Gasteiger partial charge in [0.15, 0.2) is 5.82 Å². The Hall–Kier alpha value is -1.97. The number of halogens is 6. The van der Waals surface area contributed by atoms with E-state index in [4.69, 9.17) is 28.0 Å². The van der Waals surface area contributed by atoms with Crippen molar-refractivity contribution in [1.29, 1.82) is 0 Å². The lowest BCUT2D eigenvalue weighted by Crippen LogP contribution is -2.45. The molecule has 11 heteroatoms. The number of oxime groups is 1. The van der Waals surface area contributed by atoms with Gasteiger partial charge in [0.25, 0.3) is 11.5 Å². The zero-order valence-corrected chi connectivity index (χ0v) is 22.1. The second-order valence-corrected chi connectivity index (χ2v) is 11.2. The Kier molecular flexibility index (Phi) is 7.57. The van der Waals surface area contributed by atoms with E-state index in [0.717, 1.165) is 30.1 Å². The number of alkyl halides is 3. The normalized spacial score (nSPS) is 22.1.